The number of fused-ring (bicyclic) bond motifs is 1. The zero-order valence-corrected chi connectivity index (χ0v) is 26.0. The average Bonchev–Trinajstić information content (AvgIpc) is 3.18. The Balaban J connectivity index is 1.54. The summed E-state index contributed by atoms with van der Waals surface area (Å²) in [7, 11) is 0. The molecule has 3 aromatic rings. The molecule has 0 fully saturated rings. The van der Waals surface area contributed by atoms with Gasteiger partial charge < -0.3 is 10.0 Å². The second kappa shape index (κ2) is 11.1. The van der Waals surface area contributed by atoms with E-state index >= 15 is 0 Å². The van der Waals surface area contributed by atoms with E-state index in [9.17, 15) is 36.2 Å². The van der Waals surface area contributed by atoms with Crippen LogP contribution in [0.15, 0.2) is 114 Å². The molecule has 1 heterocycles. The number of aliphatic hydroxyl groups is 1. The van der Waals surface area contributed by atoms with E-state index in [0.717, 1.165) is 29.8 Å². The van der Waals surface area contributed by atoms with Gasteiger partial charge in [-0.05, 0) is 77.2 Å². The summed E-state index contributed by atoms with van der Waals surface area (Å²) in [6.45, 7) is 12.9. The van der Waals surface area contributed by atoms with Gasteiger partial charge in [0, 0.05) is 28.8 Å². The van der Waals surface area contributed by atoms with E-state index < -0.39 is 40.1 Å². The molecule has 0 amide bonds. The van der Waals surface area contributed by atoms with Crippen LogP contribution < -0.4 is 4.90 Å². The number of halogens is 6. The highest BCUT2D eigenvalue weighted by Crippen LogP contribution is 2.51. The number of rotatable bonds is 6. The van der Waals surface area contributed by atoms with Crippen molar-refractivity contribution in [3.05, 3.63) is 147 Å². The lowest BCUT2D eigenvalue weighted by molar-refractivity contribution is -0.138. The van der Waals surface area contributed by atoms with Crippen LogP contribution in [0.3, 0.4) is 0 Å². The predicted octanol–water partition coefficient (Wildman–Crippen LogP) is 10.1. The van der Waals surface area contributed by atoms with Gasteiger partial charge in [-0.15, -0.1) is 0 Å². The van der Waals surface area contributed by atoms with Gasteiger partial charge in [-0.25, -0.2) is 0 Å². The second-order valence-corrected chi connectivity index (χ2v) is 12.8. The lowest BCUT2D eigenvalue weighted by atomic mass is 9.73. The molecule has 9 heteroatoms. The maximum absolute atomic E-state index is 13.7. The molecular formula is C37H33F6NO2. The third-order valence-corrected chi connectivity index (χ3v) is 9.04. The number of hydrogen-bond donors (Lipinski definition) is 1. The van der Waals surface area contributed by atoms with Crippen LogP contribution in [-0.4, -0.2) is 10.9 Å². The van der Waals surface area contributed by atoms with Crippen molar-refractivity contribution in [3.63, 3.8) is 0 Å². The van der Waals surface area contributed by atoms with Crippen molar-refractivity contribution >= 4 is 11.5 Å². The Labute approximate surface area is 263 Å². The molecule has 3 aromatic carbocycles. The topological polar surface area (TPSA) is 40.5 Å². The van der Waals surface area contributed by atoms with E-state index in [1.165, 1.54) is 24.3 Å². The molecule has 0 atom stereocenters. The van der Waals surface area contributed by atoms with Crippen molar-refractivity contribution in [2.45, 2.75) is 64.3 Å². The summed E-state index contributed by atoms with van der Waals surface area (Å²) in [6, 6.07) is 16.4. The summed E-state index contributed by atoms with van der Waals surface area (Å²) in [4.78, 5) is 15.3. The van der Waals surface area contributed by atoms with E-state index in [2.05, 4.69) is 6.58 Å². The van der Waals surface area contributed by atoms with Gasteiger partial charge in [0.05, 0.1) is 22.3 Å². The smallest absolute Gasteiger partial charge is 0.416 e. The first-order valence-electron chi connectivity index (χ1n) is 14.6. The number of ketones is 1. The number of hydrogen-bond acceptors (Lipinski definition) is 3. The van der Waals surface area contributed by atoms with Crippen LogP contribution in [-0.2, 0) is 34.5 Å². The molecule has 0 saturated heterocycles. The van der Waals surface area contributed by atoms with Crippen molar-refractivity contribution in [2.24, 2.45) is 0 Å². The number of alkyl halides is 6. The number of aryl methyl sites for hydroxylation is 1. The number of carbonyl (C=O) groups is 1. The number of carbonyl (C=O) groups excluding carboxylic acids is 1. The molecule has 0 aromatic heterocycles. The highest BCUT2D eigenvalue weighted by Gasteiger charge is 2.44. The molecule has 0 bridgehead atoms. The molecule has 0 unspecified atom stereocenters. The maximum atomic E-state index is 13.7. The SMILES string of the molecule is C=C(/C=C1\C(=O)C(/C=C2\N(Cc3ccccc3)c3ccc(C(F)(F)F)cc3C2(C)C)=C1O)C(C)(C)c1cc(C(F)(F)F)ccc1C. The minimum absolute atomic E-state index is 0.0166. The standard InChI is InChI=1S/C37H33F6NO2/c1-21-12-13-24(36(38,39)40)17-28(21)34(3,4)22(2)16-26-32(45)27(33(26)46)19-31-35(5,6)29-18-25(37(41,42)43)14-15-30(29)44(31)20-23-10-8-7-9-11-23/h7-19,45H,2,20H2,1,3-6H3/b26-16-,31-19-. The predicted molar refractivity (Wildman–Crippen MR) is 166 cm³/mol. The molecule has 0 radical (unpaired) electrons. The molecule has 1 aliphatic carbocycles. The van der Waals surface area contributed by atoms with Crippen LogP contribution in [0.1, 0.15) is 61.1 Å². The molecule has 1 N–H and O–H groups in total. The molecular weight excluding hydrogens is 604 g/mol. The summed E-state index contributed by atoms with van der Waals surface area (Å²) in [5.41, 5.74) is 0.0587. The third kappa shape index (κ3) is 5.67. The highest BCUT2D eigenvalue weighted by atomic mass is 19.4. The first kappa shape index (κ1) is 32.9. The first-order chi connectivity index (χ1) is 21.2. The van der Waals surface area contributed by atoms with Crippen LogP contribution in [0.2, 0.25) is 0 Å². The van der Waals surface area contributed by atoms with Crippen molar-refractivity contribution < 1.29 is 36.2 Å². The molecule has 240 valence electrons. The van der Waals surface area contributed by atoms with E-state index in [1.54, 1.807) is 34.6 Å². The van der Waals surface area contributed by atoms with Gasteiger partial charge in [0.2, 0.25) is 5.78 Å². The van der Waals surface area contributed by atoms with Gasteiger partial charge >= 0.3 is 12.4 Å². The van der Waals surface area contributed by atoms with Gasteiger partial charge in [-0.3, -0.25) is 4.79 Å². The third-order valence-electron chi connectivity index (χ3n) is 9.04. The molecule has 0 saturated carbocycles. The summed E-state index contributed by atoms with van der Waals surface area (Å²) >= 11 is 0. The Morgan fingerprint density at radius 1 is 0.913 bits per heavy atom. The lowest BCUT2D eigenvalue weighted by Crippen LogP contribution is -2.29. The van der Waals surface area contributed by atoms with Crippen LogP contribution in [0.4, 0.5) is 32.0 Å². The largest absolute Gasteiger partial charge is 0.506 e. The van der Waals surface area contributed by atoms with E-state index in [0.29, 0.717) is 40.2 Å². The fraction of sp³-hybridized carbons (Fsp3) is 0.270. The van der Waals surface area contributed by atoms with Gasteiger partial charge in [-0.1, -0.05) is 70.7 Å². The Hall–Kier alpha value is -4.53. The van der Waals surface area contributed by atoms with Gasteiger partial charge in [0.15, 0.2) is 0 Å². The van der Waals surface area contributed by atoms with Crippen LogP contribution in [0.5, 0.6) is 0 Å². The Morgan fingerprint density at radius 3 is 2.09 bits per heavy atom. The van der Waals surface area contributed by atoms with Gasteiger partial charge in [0.25, 0.3) is 0 Å². The van der Waals surface area contributed by atoms with Crippen LogP contribution in [0.25, 0.3) is 0 Å². The van der Waals surface area contributed by atoms with Gasteiger partial charge in [0.1, 0.15) is 5.76 Å². The van der Waals surface area contributed by atoms with Crippen molar-refractivity contribution in [3.8, 4) is 0 Å². The molecule has 46 heavy (non-hydrogen) atoms. The fourth-order valence-corrected chi connectivity index (χ4v) is 6.09. The number of aliphatic hydroxyl groups excluding tert-OH is 1. The molecule has 5 rings (SSSR count). The first-order valence-corrected chi connectivity index (χ1v) is 14.6. The average molecular weight is 638 g/mol. The number of benzene rings is 3. The van der Waals surface area contributed by atoms with Crippen molar-refractivity contribution in [2.75, 3.05) is 4.90 Å². The number of Topliss-reactive ketones (excluding diaryl/α,β-unsaturated/α-hetero) is 1. The minimum Gasteiger partial charge on any atom is -0.506 e. The monoisotopic (exact) mass is 637 g/mol. The maximum Gasteiger partial charge on any atom is 0.416 e. The lowest BCUT2D eigenvalue weighted by Gasteiger charge is -2.31. The van der Waals surface area contributed by atoms with Crippen LogP contribution >= 0.6 is 0 Å². The summed E-state index contributed by atoms with van der Waals surface area (Å²) in [5, 5.41) is 11.1. The quantitative estimate of drug-likeness (QED) is 0.216. The Kier molecular flexibility index (Phi) is 7.91. The highest BCUT2D eigenvalue weighted by molar-refractivity contribution is 6.21. The number of allylic oxidation sites excluding steroid dienone is 6. The zero-order valence-electron chi connectivity index (χ0n) is 26.0. The van der Waals surface area contributed by atoms with E-state index in [-0.39, 0.29) is 16.9 Å². The summed E-state index contributed by atoms with van der Waals surface area (Å²) in [6.07, 6.45) is -6.20. The molecule has 1 aliphatic heterocycles. The fourth-order valence-electron chi connectivity index (χ4n) is 6.09. The van der Waals surface area contributed by atoms with Gasteiger partial charge in [-0.2, -0.15) is 26.3 Å². The summed E-state index contributed by atoms with van der Waals surface area (Å²) < 4.78 is 81.4. The van der Waals surface area contributed by atoms with Crippen molar-refractivity contribution in [1.29, 1.82) is 0 Å². The van der Waals surface area contributed by atoms with E-state index in [1.807, 2.05) is 35.2 Å². The zero-order chi connectivity index (χ0) is 34.0. The number of anilines is 1. The van der Waals surface area contributed by atoms with E-state index in [4.69, 9.17) is 0 Å². The molecule has 3 nitrogen and oxygen atoms in total. The summed E-state index contributed by atoms with van der Waals surface area (Å²) in [5.74, 6) is -0.831. The normalized spacial score (nSPS) is 18.3. The Morgan fingerprint density at radius 2 is 1.50 bits per heavy atom. The second-order valence-electron chi connectivity index (χ2n) is 12.8. The molecule has 2 aliphatic rings. The number of nitrogens with zero attached hydrogens (tertiary/aromatic N) is 1. The van der Waals surface area contributed by atoms with Crippen LogP contribution in [0, 0.1) is 6.92 Å². The Bertz CT molecular complexity index is 1840. The minimum atomic E-state index is -4.55. The molecule has 0 spiro atoms. The van der Waals surface area contributed by atoms with Crippen molar-refractivity contribution in [1.82, 2.24) is 0 Å².